The van der Waals surface area contributed by atoms with Crippen LogP contribution in [-0.2, 0) is 4.79 Å². The van der Waals surface area contributed by atoms with Crippen LogP contribution in [0.25, 0.3) is 0 Å². The summed E-state index contributed by atoms with van der Waals surface area (Å²) in [5.74, 6) is 0.787. The average Bonchev–Trinajstić information content (AvgIpc) is 2.36. The molecule has 1 aromatic carbocycles. The molecule has 17 heavy (non-hydrogen) atoms. The van der Waals surface area contributed by atoms with Crippen molar-refractivity contribution >= 4 is 11.6 Å². The molecule has 0 radical (unpaired) electrons. The van der Waals surface area contributed by atoms with E-state index in [9.17, 15) is 4.79 Å². The van der Waals surface area contributed by atoms with Gasteiger partial charge < -0.3 is 15.0 Å². The van der Waals surface area contributed by atoms with Gasteiger partial charge in [0, 0.05) is 11.8 Å². The molecule has 0 atom stereocenters. The Labute approximate surface area is 103 Å². The molecule has 94 valence electrons. The van der Waals surface area contributed by atoms with Gasteiger partial charge in [-0.2, -0.15) is 0 Å². The SMILES string of the molecule is CC[NH+](CC)CC(=O)Nc1cccc(OC)c1. The van der Waals surface area contributed by atoms with Gasteiger partial charge in [-0.15, -0.1) is 0 Å². The highest BCUT2D eigenvalue weighted by molar-refractivity contribution is 5.91. The van der Waals surface area contributed by atoms with Crippen LogP contribution in [0.4, 0.5) is 5.69 Å². The zero-order chi connectivity index (χ0) is 12.7. The standard InChI is InChI=1S/C13H20N2O2/c1-4-15(5-2)10-13(16)14-11-7-6-8-12(9-11)17-3/h6-9H,4-5,10H2,1-3H3,(H,14,16)/p+1. The fraction of sp³-hybridized carbons (Fsp3) is 0.462. The Bertz CT molecular complexity index is 362. The molecule has 0 saturated heterocycles. The van der Waals surface area contributed by atoms with Crippen molar-refractivity contribution in [1.29, 1.82) is 0 Å². The van der Waals surface area contributed by atoms with Crippen LogP contribution < -0.4 is 15.0 Å². The van der Waals surface area contributed by atoms with E-state index in [4.69, 9.17) is 4.74 Å². The fourth-order valence-electron chi connectivity index (χ4n) is 1.63. The van der Waals surface area contributed by atoms with E-state index in [1.54, 1.807) is 7.11 Å². The molecule has 0 aliphatic carbocycles. The molecular formula is C13H21N2O2+. The molecule has 0 fully saturated rings. The molecule has 1 rings (SSSR count). The molecule has 0 aliphatic heterocycles. The molecule has 0 saturated carbocycles. The first kappa shape index (κ1) is 13.5. The Morgan fingerprint density at radius 1 is 1.35 bits per heavy atom. The van der Waals surface area contributed by atoms with Crippen LogP contribution in [0.2, 0.25) is 0 Å². The third-order valence-electron chi connectivity index (χ3n) is 2.76. The maximum Gasteiger partial charge on any atom is 0.279 e. The highest BCUT2D eigenvalue weighted by Crippen LogP contribution is 2.16. The van der Waals surface area contributed by atoms with Crippen molar-refractivity contribution in [2.75, 3.05) is 32.1 Å². The van der Waals surface area contributed by atoms with Gasteiger partial charge in [0.1, 0.15) is 5.75 Å². The number of hydrogen-bond acceptors (Lipinski definition) is 2. The lowest BCUT2D eigenvalue weighted by molar-refractivity contribution is -0.888. The minimum atomic E-state index is 0.0388. The lowest BCUT2D eigenvalue weighted by Gasteiger charge is -2.14. The summed E-state index contributed by atoms with van der Waals surface area (Å²) in [6.07, 6.45) is 0. The zero-order valence-electron chi connectivity index (χ0n) is 10.7. The van der Waals surface area contributed by atoms with E-state index in [-0.39, 0.29) is 5.91 Å². The quantitative estimate of drug-likeness (QED) is 0.759. The van der Waals surface area contributed by atoms with Gasteiger partial charge in [-0.3, -0.25) is 4.79 Å². The van der Waals surface area contributed by atoms with Gasteiger partial charge in [0.2, 0.25) is 0 Å². The van der Waals surface area contributed by atoms with E-state index in [0.717, 1.165) is 24.5 Å². The van der Waals surface area contributed by atoms with Crippen LogP contribution in [0, 0.1) is 0 Å². The number of likely N-dealkylation sites (N-methyl/N-ethyl adjacent to an activating group) is 1. The number of nitrogens with one attached hydrogen (secondary N) is 2. The van der Waals surface area contributed by atoms with Crippen molar-refractivity contribution < 1.29 is 14.4 Å². The van der Waals surface area contributed by atoms with Gasteiger partial charge in [-0.1, -0.05) is 6.07 Å². The molecule has 0 aromatic heterocycles. The Morgan fingerprint density at radius 2 is 2.06 bits per heavy atom. The zero-order valence-corrected chi connectivity index (χ0v) is 10.7. The highest BCUT2D eigenvalue weighted by atomic mass is 16.5. The number of carbonyl (C=O) groups excluding carboxylic acids is 1. The van der Waals surface area contributed by atoms with Crippen LogP contribution >= 0.6 is 0 Å². The molecular weight excluding hydrogens is 216 g/mol. The summed E-state index contributed by atoms with van der Waals surface area (Å²) in [5.41, 5.74) is 0.779. The summed E-state index contributed by atoms with van der Waals surface area (Å²) in [7, 11) is 1.61. The fourth-order valence-corrected chi connectivity index (χ4v) is 1.63. The predicted molar refractivity (Wildman–Crippen MR) is 68.5 cm³/mol. The van der Waals surface area contributed by atoms with Crippen LogP contribution in [0.3, 0.4) is 0 Å². The van der Waals surface area contributed by atoms with Gasteiger partial charge in [-0.05, 0) is 26.0 Å². The van der Waals surface area contributed by atoms with Gasteiger partial charge in [-0.25, -0.2) is 0 Å². The molecule has 0 spiro atoms. The predicted octanol–water partition coefficient (Wildman–Crippen LogP) is 0.558. The Balaban J connectivity index is 2.55. The maximum absolute atomic E-state index is 11.8. The largest absolute Gasteiger partial charge is 0.497 e. The Morgan fingerprint density at radius 3 is 2.65 bits per heavy atom. The summed E-state index contributed by atoms with van der Waals surface area (Å²) < 4.78 is 5.10. The van der Waals surface area contributed by atoms with Crippen molar-refractivity contribution in [3.8, 4) is 5.75 Å². The molecule has 4 heteroatoms. The third kappa shape index (κ3) is 4.44. The smallest absolute Gasteiger partial charge is 0.279 e. The third-order valence-corrected chi connectivity index (χ3v) is 2.76. The summed E-state index contributed by atoms with van der Waals surface area (Å²) in [4.78, 5) is 13.0. The number of rotatable bonds is 6. The molecule has 1 amide bonds. The molecule has 4 nitrogen and oxygen atoms in total. The number of amides is 1. The number of quaternary nitrogens is 1. The van der Waals surface area contributed by atoms with Crippen LogP contribution in [0.15, 0.2) is 24.3 Å². The van der Waals surface area contributed by atoms with Crippen molar-refractivity contribution in [3.05, 3.63) is 24.3 Å². The van der Waals surface area contributed by atoms with Gasteiger partial charge in [0.05, 0.1) is 20.2 Å². The Kier molecular flexibility index (Phi) is 5.49. The highest BCUT2D eigenvalue weighted by Gasteiger charge is 2.10. The second kappa shape index (κ2) is 6.91. The van der Waals surface area contributed by atoms with Gasteiger partial charge in [0.15, 0.2) is 6.54 Å². The lowest BCUT2D eigenvalue weighted by Crippen LogP contribution is -3.12. The first-order valence-corrected chi connectivity index (χ1v) is 5.97. The number of benzene rings is 1. The van der Waals surface area contributed by atoms with Crippen molar-refractivity contribution in [3.63, 3.8) is 0 Å². The van der Waals surface area contributed by atoms with E-state index in [1.165, 1.54) is 4.90 Å². The minimum Gasteiger partial charge on any atom is -0.497 e. The normalized spacial score (nSPS) is 10.4. The summed E-state index contributed by atoms with van der Waals surface area (Å²) in [6.45, 7) is 6.59. The van der Waals surface area contributed by atoms with Crippen LogP contribution in [0.1, 0.15) is 13.8 Å². The molecule has 0 unspecified atom stereocenters. The van der Waals surface area contributed by atoms with Crippen LogP contribution in [0.5, 0.6) is 5.75 Å². The number of methoxy groups -OCH3 is 1. The molecule has 0 bridgehead atoms. The molecule has 0 heterocycles. The monoisotopic (exact) mass is 237 g/mol. The van der Waals surface area contributed by atoms with E-state index < -0.39 is 0 Å². The number of carbonyl (C=O) groups is 1. The first-order chi connectivity index (χ1) is 8.19. The van der Waals surface area contributed by atoms with Crippen LogP contribution in [-0.4, -0.2) is 32.7 Å². The second-order valence-electron chi connectivity index (χ2n) is 3.91. The van der Waals surface area contributed by atoms with Crippen molar-refractivity contribution in [1.82, 2.24) is 0 Å². The molecule has 1 aromatic rings. The van der Waals surface area contributed by atoms with E-state index >= 15 is 0 Å². The van der Waals surface area contributed by atoms with Crippen molar-refractivity contribution in [2.24, 2.45) is 0 Å². The van der Waals surface area contributed by atoms with Gasteiger partial charge in [0.25, 0.3) is 5.91 Å². The van der Waals surface area contributed by atoms with Gasteiger partial charge >= 0.3 is 0 Å². The first-order valence-electron chi connectivity index (χ1n) is 5.97. The summed E-state index contributed by atoms with van der Waals surface area (Å²) in [6, 6.07) is 7.39. The summed E-state index contributed by atoms with van der Waals surface area (Å²) >= 11 is 0. The second-order valence-corrected chi connectivity index (χ2v) is 3.91. The number of hydrogen-bond donors (Lipinski definition) is 2. The molecule has 0 aliphatic rings. The average molecular weight is 237 g/mol. The van der Waals surface area contributed by atoms with E-state index in [0.29, 0.717) is 6.54 Å². The molecule has 2 N–H and O–H groups in total. The van der Waals surface area contributed by atoms with Crippen molar-refractivity contribution in [2.45, 2.75) is 13.8 Å². The van der Waals surface area contributed by atoms with E-state index in [1.807, 2.05) is 24.3 Å². The topological polar surface area (TPSA) is 42.8 Å². The number of ether oxygens (including phenoxy) is 1. The Hall–Kier alpha value is -1.55. The summed E-state index contributed by atoms with van der Waals surface area (Å²) in [5, 5.41) is 2.88. The lowest BCUT2D eigenvalue weighted by atomic mass is 10.3. The van der Waals surface area contributed by atoms with E-state index in [2.05, 4.69) is 19.2 Å². The maximum atomic E-state index is 11.8. The minimum absolute atomic E-state index is 0.0388. The number of anilines is 1.